The molecule has 0 spiro atoms. The maximum Gasteiger partial charge on any atom is 0.320 e. The second-order valence-corrected chi connectivity index (χ2v) is 6.04. The summed E-state index contributed by atoms with van der Waals surface area (Å²) in [5, 5.41) is 0. The van der Waals surface area contributed by atoms with Gasteiger partial charge in [-0.25, -0.2) is 0 Å². The second-order valence-electron chi connectivity index (χ2n) is 6.04. The highest BCUT2D eigenvalue weighted by Crippen LogP contribution is 2.37. The zero-order valence-corrected chi connectivity index (χ0v) is 16.9. The SMILES string of the molecule is CCCCCC(c1ccc(OC)nc1OC)C(C(=O)OCC)C(=O)OCC. The maximum atomic E-state index is 12.6. The van der Waals surface area contributed by atoms with Crippen LogP contribution in [0.15, 0.2) is 12.1 Å². The number of nitrogens with zero attached hydrogens (tertiary/aromatic N) is 1. The van der Waals surface area contributed by atoms with Gasteiger partial charge in [-0.3, -0.25) is 9.59 Å². The summed E-state index contributed by atoms with van der Waals surface area (Å²) in [5.74, 6) is -1.97. The third-order valence-electron chi connectivity index (χ3n) is 4.27. The summed E-state index contributed by atoms with van der Waals surface area (Å²) in [4.78, 5) is 29.5. The molecule has 0 bridgehead atoms. The fourth-order valence-electron chi connectivity index (χ4n) is 3.00. The van der Waals surface area contributed by atoms with Crippen molar-refractivity contribution in [2.24, 2.45) is 5.92 Å². The molecule has 0 amide bonds. The molecule has 152 valence electrons. The van der Waals surface area contributed by atoms with Crippen molar-refractivity contribution in [3.8, 4) is 11.8 Å². The molecule has 1 aromatic rings. The third-order valence-corrected chi connectivity index (χ3v) is 4.27. The van der Waals surface area contributed by atoms with E-state index >= 15 is 0 Å². The molecule has 1 unspecified atom stereocenters. The molecule has 27 heavy (non-hydrogen) atoms. The van der Waals surface area contributed by atoms with Gasteiger partial charge in [-0.1, -0.05) is 26.2 Å². The van der Waals surface area contributed by atoms with Crippen LogP contribution in [-0.2, 0) is 19.1 Å². The van der Waals surface area contributed by atoms with Gasteiger partial charge in [-0.2, -0.15) is 4.98 Å². The number of esters is 2. The summed E-state index contributed by atoms with van der Waals surface area (Å²) in [7, 11) is 3.01. The highest BCUT2D eigenvalue weighted by molar-refractivity contribution is 5.96. The van der Waals surface area contributed by atoms with Crippen LogP contribution in [0.25, 0.3) is 0 Å². The summed E-state index contributed by atoms with van der Waals surface area (Å²) in [6.45, 7) is 5.89. The summed E-state index contributed by atoms with van der Waals surface area (Å²) in [6, 6.07) is 3.48. The molecule has 1 aromatic heterocycles. The molecule has 0 radical (unpaired) electrons. The normalized spacial score (nSPS) is 11.8. The number of methoxy groups -OCH3 is 2. The lowest BCUT2D eigenvalue weighted by Gasteiger charge is -2.25. The molecule has 0 aliphatic rings. The number of hydrogen-bond acceptors (Lipinski definition) is 7. The zero-order valence-electron chi connectivity index (χ0n) is 16.9. The van der Waals surface area contributed by atoms with Gasteiger partial charge in [0.25, 0.3) is 0 Å². The van der Waals surface area contributed by atoms with E-state index in [1.54, 1.807) is 26.0 Å². The molecule has 1 atom stereocenters. The van der Waals surface area contributed by atoms with Gasteiger partial charge in [-0.15, -0.1) is 0 Å². The standard InChI is InChI=1S/C20H31NO6/c1-6-9-10-11-14(15-12-13-16(24-4)21-18(15)25-5)17(19(22)26-7-2)20(23)27-8-3/h12-14,17H,6-11H2,1-5H3. The maximum absolute atomic E-state index is 12.6. The third kappa shape index (κ3) is 6.41. The van der Waals surface area contributed by atoms with Crippen molar-refractivity contribution >= 4 is 11.9 Å². The molecule has 0 fully saturated rings. The van der Waals surface area contributed by atoms with Gasteiger partial charge in [0.2, 0.25) is 11.8 Å². The van der Waals surface area contributed by atoms with Gasteiger partial charge in [0.15, 0.2) is 5.92 Å². The lowest BCUT2D eigenvalue weighted by molar-refractivity contribution is -0.163. The van der Waals surface area contributed by atoms with E-state index in [2.05, 4.69) is 11.9 Å². The van der Waals surface area contributed by atoms with Gasteiger partial charge in [0, 0.05) is 17.5 Å². The van der Waals surface area contributed by atoms with Crippen LogP contribution in [0.5, 0.6) is 11.8 Å². The Hall–Kier alpha value is -2.31. The minimum Gasteiger partial charge on any atom is -0.481 e. The fourth-order valence-corrected chi connectivity index (χ4v) is 3.00. The number of aromatic nitrogens is 1. The summed E-state index contributed by atoms with van der Waals surface area (Å²) < 4.78 is 20.9. The number of pyridine rings is 1. The van der Waals surface area contributed by atoms with Crippen LogP contribution in [-0.4, -0.2) is 44.4 Å². The molecule has 0 N–H and O–H groups in total. The molecule has 1 rings (SSSR count). The molecule has 0 aliphatic heterocycles. The first kappa shape index (κ1) is 22.7. The zero-order chi connectivity index (χ0) is 20.2. The number of carbonyl (C=O) groups excluding carboxylic acids is 2. The van der Waals surface area contributed by atoms with Gasteiger partial charge in [-0.05, 0) is 26.3 Å². The lowest BCUT2D eigenvalue weighted by atomic mass is 9.82. The van der Waals surface area contributed by atoms with Crippen molar-refractivity contribution in [1.29, 1.82) is 0 Å². The summed E-state index contributed by atoms with van der Waals surface area (Å²) in [6.07, 6.45) is 3.47. The molecular weight excluding hydrogens is 350 g/mol. The van der Waals surface area contributed by atoms with E-state index in [1.807, 2.05) is 0 Å². The first-order chi connectivity index (χ1) is 13.0. The van der Waals surface area contributed by atoms with Gasteiger partial charge in [0.1, 0.15) is 0 Å². The number of hydrogen-bond donors (Lipinski definition) is 0. The van der Waals surface area contributed by atoms with Crippen LogP contribution in [0.3, 0.4) is 0 Å². The number of ether oxygens (including phenoxy) is 4. The Morgan fingerprint density at radius 2 is 1.59 bits per heavy atom. The Balaban J connectivity index is 3.37. The number of carbonyl (C=O) groups is 2. The van der Waals surface area contributed by atoms with Crippen molar-refractivity contribution in [1.82, 2.24) is 4.98 Å². The predicted octanol–water partition coefficient (Wildman–Crippen LogP) is 3.51. The lowest BCUT2D eigenvalue weighted by Crippen LogP contribution is -2.34. The first-order valence-electron chi connectivity index (χ1n) is 9.46. The van der Waals surface area contributed by atoms with Crippen molar-refractivity contribution in [2.75, 3.05) is 27.4 Å². The minimum absolute atomic E-state index is 0.189. The summed E-state index contributed by atoms with van der Waals surface area (Å²) in [5.41, 5.74) is 0.667. The van der Waals surface area contributed by atoms with Gasteiger partial charge >= 0.3 is 11.9 Å². The fraction of sp³-hybridized carbons (Fsp3) is 0.650. The van der Waals surface area contributed by atoms with Crippen molar-refractivity contribution in [3.63, 3.8) is 0 Å². The highest BCUT2D eigenvalue weighted by Gasteiger charge is 2.39. The minimum atomic E-state index is -1.06. The van der Waals surface area contributed by atoms with E-state index in [0.29, 0.717) is 23.7 Å². The second kappa shape index (κ2) is 12.1. The van der Waals surface area contributed by atoms with Crippen LogP contribution in [0.4, 0.5) is 0 Å². The molecule has 1 heterocycles. The van der Waals surface area contributed by atoms with Crippen molar-refractivity contribution < 1.29 is 28.5 Å². The van der Waals surface area contributed by atoms with E-state index in [9.17, 15) is 9.59 Å². The molecule has 0 saturated carbocycles. The van der Waals surface area contributed by atoms with E-state index in [1.165, 1.54) is 14.2 Å². The Bertz CT molecular complexity index is 586. The quantitative estimate of drug-likeness (QED) is 0.311. The van der Waals surface area contributed by atoms with Gasteiger partial charge in [0.05, 0.1) is 27.4 Å². The van der Waals surface area contributed by atoms with Crippen molar-refractivity contribution in [2.45, 2.75) is 52.4 Å². The van der Waals surface area contributed by atoms with Crippen LogP contribution in [0, 0.1) is 5.92 Å². The van der Waals surface area contributed by atoms with Gasteiger partial charge < -0.3 is 18.9 Å². The van der Waals surface area contributed by atoms with Crippen molar-refractivity contribution in [3.05, 3.63) is 17.7 Å². The smallest absolute Gasteiger partial charge is 0.320 e. The number of rotatable bonds is 12. The van der Waals surface area contributed by atoms with Crippen LogP contribution in [0.1, 0.15) is 57.9 Å². The largest absolute Gasteiger partial charge is 0.481 e. The Morgan fingerprint density at radius 3 is 2.07 bits per heavy atom. The molecule has 0 aromatic carbocycles. The Labute approximate surface area is 161 Å². The van der Waals surface area contributed by atoms with E-state index in [4.69, 9.17) is 18.9 Å². The number of unbranched alkanes of at least 4 members (excludes halogenated alkanes) is 2. The average Bonchev–Trinajstić information content (AvgIpc) is 2.67. The van der Waals surface area contributed by atoms with Crippen LogP contribution < -0.4 is 9.47 Å². The van der Waals surface area contributed by atoms with Crippen LogP contribution in [0.2, 0.25) is 0 Å². The molecular formula is C20H31NO6. The van der Waals surface area contributed by atoms with E-state index in [0.717, 1.165) is 19.3 Å². The van der Waals surface area contributed by atoms with Crippen LogP contribution >= 0.6 is 0 Å². The molecule has 7 heteroatoms. The topological polar surface area (TPSA) is 84.0 Å². The summed E-state index contributed by atoms with van der Waals surface area (Å²) >= 11 is 0. The monoisotopic (exact) mass is 381 g/mol. The van der Waals surface area contributed by atoms with E-state index in [-0.39, 0.29) is 13.2 Å². The van der Waals surface area contributed by atoms with E-state index < -0.39 is 23.8 Å². The Kier molecular flexibility index (Phi) is 10.2. The Morgan fingerprint density at radius 1 is 0.963 bits per heavy atom. The average molecular weight is 381 g/mol. The molecule has 0 aliphatic carbocycles. The highest BCUT2D eigenvalue weighted by atomic mass is 16.6. The first-order valence-corrected chi connectivity index (χ1v) is 9.46. The molecule has 7 nitrogen and oxygen atoms in total. The molecule has 0 saturated heterocycles. The predicted molar refractivity (Wildman–Crippen MR) is 101 cm³/mol.